The molecule has 0 unspecified atom stereocenters. The first-order valence-electron chi connectivity index (χ1n) is 9.18. The number of rotatable bonds is 7. The minimum Gasteiger partial charge on any atom is -0.508 e. The van der Waals surface area contributed by atoms with Crippen LogP contribution in [0, 0.1) is 0 Å². The van der Waals surface area contributed by atoms with Crippen molar-refractivity contribution in [2.45, 2.75) is 12.5 Å². The molecule has 3 rings (SSSR count). The molecule has 0 saturated carbocycles. The van der Waals surface area contributed by atoms with E-state index in [0.717, 1.165) is 0 Å². The number of ketones is 1. The highest BCUT2D eigenvalue weighted by atomic mass is 16.5. The van der Waals surface area contributed by atoms with Gasteiger partial charge in [0.05, 0.1) is 18.7 Å². The predicted molar refractivity (Wildman–Crippen MR) is 107 cm³/mol. The predicted octanol–water partition coefficient (Wildman–Crippen LogP) is 2.86. The van der Waals surface area contributed by atoms with E-state index >= 15 is 0 Å². The van der Waals surface area contributed by atoms with Gasteiger partial charge in [-0.2, -0.15) is 0 Å². The molecule has 152 valence electrons. The molecule has 0 radical (unpaired) electrons. The Kier molecular flexibility index (Phi) is 6.19. The van der Waals surface area contributed by atoms with E-state index in [1.54, 1.807) is 43.5 Å². The van der Waals surface area contributed by atoms with Crippen LogP contribution in [0.3, 0.4) is 0 Å². The summed E-state index contributed by atoms with van der Waals surface area (Å²) < 4.78 is 10.2. The van der Waals surface area contributed by atoms with E-state index in [1.807, 2.05) is 0 Å². The molecule has 0 bridgehead atoms. The van der Waals surface area contributed by atoms with Crippen molar-refractivity contribution in [1.82, 2.24) is 4.90 Å². The standard InChI is InChI=1S/C22H23NO6/c1-28-12-4-11-23-19(15-5-3-6-16(24)13-15)18(21(26)22(23)27)20(25)14-7-9-17(29-2)10-8-14/h3,5-10,13,19,24-25H,4,11-12H2,1-2H3/b20-18+/t19-/m0/s1. The van der Waals surface area contributed by atoms with Gasteiger partial charge < -0.3 is 24.6 Å². The number of Topliss-reactive ketones (excluding diaryl/α,β-unsaturated/α-hetero) is 1. The van der Waals surface area contributed by atoms with E-state index in [2.05, 4.69) is 0 Å². The summed E-state index contributed by atoms with van der Waals surface area (Å²) in [5, 5.41) is 20.8. The summed E-state index contributed by atoms with van der Waals surface area (Å²) in [4.78, 5) is 27.0. The summed E-state index contributed by atoms with van der Waals surface area (Å²) in [5.74, 6) is -1.11. The zero-order valence-corrected chi connectivity index (χ0v) is 16.3. The lowest BCUT2D eigenvalue weighted by atomic mass is 9.95. The number of phenolic OH excluding ortho intramolecular Hbond substituents is 1. The fourth-order valence-electron chi connectivity index (χ4n) is 3.44. The third kappa shape index (κ3) is 4.09. The molecule has 2 N–H and O–H groups in total. The van der Waals surface area contributed by atoms with Crippen molar-refractivity contribution in [3.63, 3.8) is 0 Å². The van der Waals surface area contributed by atoms with Crippen LogP contribution in [0.5, 0.6) is 11.5 Å². The van der Waals surface area contributed by atoms with E-state index in [9.17, 15) is 19.8 Å². The summed E-state index contributed by atoms with van der Waals surface area (Å²) in [6.07, 6.45) is 0.529. The lowest BCUT2D eigenvalue weighted by Crippen LogP contribution is -2.31. The summed E-state index contributed by atoms with van der Waals surface area (Å²) in [5.41, 5.74) is 0.922. The number of aliphatic hydroxyl groups is 1. The van der Waals surface area contributed by atoms with Crippen LogP contribution in [0.4, 0.5) is 0 Å². The third-order valence-corrected chi connectivity index (χ3v) is 4.84. The van der Waals surface area contributed by atoms with Gasteiger partial charge in [-0.25, -0.2) is 0 Å². The molecule has 1 aliphatic heterocycles. The monoisotopic (exact) mass is 397 g/mol. The number of amides is 1. The lowest BCUT2D eigenvalue weighted by Gasteiger charge is -2.25. The molecule has 2 aromatic carbocycles. The lowest BCUT2D eigenvalue weighted by molar-refractivity contribution is -0.140. The van der Waals surface area contributed by atoms with Crippen LogP contribution in [0.2, 0.25) is 0 Å². The van der Waals surface area contributed by atoms with Gasteiger partial charge in [0.15, 0.2) is 0 Å². The average Bonchev–Trinajstić information content (AvgIpc) is 2.98. The molecule has 1 atom stereocenters. The van der Waals surface area contributed by atoms with Gasteiger partial charge in [-0.3, -0.25) is 9.59 Å². The van der Waals surface area contributed by atoms with Crippen molar-refractivity contribution in [2.24, 2.45) is 0 Å². The Morgan fingerprint density at radius 3 is 2.45 bits per heavy atom. The first-order chi connectivity index (χ1) is 14.0. The summed E-state index contributed by atoms with van der Waals surface area (Å²) >= 11 is 0. The number of aromatic hydroxyl groups is 1. The number of nitrogens with zero attached hydrogens (tertiary/aromatic N) is 1. The zero-order chi connectivity index (χ0) is 21.0. The number of ether oxygens (including phenoxy) is 2. The second-order valence-electron chi connectivity index (χ2n) is 6.66. The van der Waals surface area contributed by atoms with E-state index in [-0.39, 0.29) is 23.6 Å². The molecular weight excluding hydrogens is 374 g/mol. The fraction of sp³-hybridized carbons (Fsp3) is 0.273. The minimum absolute atomic E-state index is 0.00873. The van der Waals surface area contributed by atoms with Gasteiger partial charge in [0.2, 0.25) is 0 Å². The average molecular weight is 397 g/mol. The zero-order valence-electron chi connectivity index (χ0n) is 16.3. The van der Waals surface area contributed by atoms with E-state index in [0.29, 0.717) is 29.9 Å². The largest absolute Gasteiger partial charge is 0.508 e. The van der Waals surface area contributed by atoms with Crippen molar-refractivity contribution in [1.29, 1.82) is 0 Å². The SMILES string of the molecule is COCCCN1C(=O)C(=O)/C(=C(/O)c2ccc(OC)cc2)[C@@H]1c1cccc(O)c1. The van der Waals surface area contributed by atoms with Crippen LogP contribution in [-0.2, 0) is 14.3 Å². The normalized spacial score (nSPS) is 18.3. The third-order valence-electron chi connectivity index (χ3n) is 4.84. The molecule has 7 nitrogen and oxygen atoms in total. The van der Waals surface area contributed by atoms with Gasteiger partial charge in [-0.1, -0.05) is 12.1 Å². The maximum absolute atomic E-state index is 12.8. The maximum atomic E-state index is 12.8. The summed E-state index contributed by atoms with van der Waals surface area (Å²) in [6.45, 7) is 0.701. The first-order valence-corrected chi connectivity index (χ1v) is 9.18. The smallest absolute Gasteiger partial charge is 0.295 e. The molecular formula is C22H23NO6. The molecule has 1 heterocycles. The summed E-state index contributed by atoms with van der Waals surface area (Å²) in [6, 6.07) is 12.1. The van der Waals surface area contributed by atoms with Crippen LogP contribution in [0.15, 0.2) is 54.1 Å². The molecule has 1 fully saturated rings. The number of carbonyl (C=O) groups excluding carboxylic acids is 2. The molecule has 0 aromatic heterocycles. The quantitative estimate of drug-likeness (QED) is 0.323. The van der Waals surface area contributed by atoms with Gasteiger partial charge >= 0.3 is 0 Å². The minimum atomic E-state index is -0.805. The van der Waals surface area contributed by atoms with Gasteiger partial charge in [0, 0.05) is 25.8 Å². The number of hydrogen-bond donors (Lipinski definition) is 2. The molecule has 2 aromatic rings. The van der Waals surface area contributed by atoms with Crippen molar-refractivity contribution < 1.29 is 29.3 Å². The van der Waals surface area contributed by atoms with Gasteiger partial charge in [-0.15, -0.1) is 0 Å². The molecule has 29 heavy (non-hydrogen) atoms. The summed E-state index contributed by atoms with van der Waals surface area (Å²) in [7, 11) is 3.09. The molecule has 1 amide bonds. The Morgan fingerprint density at radius 1 is 1.10 bits per heavy atom. The molecule has 7 heteroatoms. The topological polar surface area (TPSA) is 96.3 Å². The number of carbonyl (C=O) groups is 2. The number of phenols is 1. The van der Waals surface area contributed by atoms with Gasteiger partial charge in [0.25, 0.3) is 11.7 Å². The fourth-order valence-corrected chi connectivity index (χ4v) is 3.44. The Hall–Kier alpha value is -3.32. The molecule has 1 aliphatic rings. The van der Waals surface area contributed by atoms with Crippen molar-refractivity contribution >= 4 is 17.4 Å². The van der Waals surface area contributed by atoms with E-state index < -0.39 is 17.7 Å². The Balaban J connectivity index is 2.10. The van der Waals surface area contributed by atoms with Gasteiger partial charge in [-0.05, 0) is 48.4 Å². The Bertz CT molecular complexity index is 935. The number of methoxy groups -OCH3 is 2. The highest BCUT2D eigenvalue weighted by molar-refractivity contribution is 6.46. The second-order valence-corrected chi connectivity index (χ2v) is 6.66. The maximum Gasteiger partial charge on any atom is 0.295 e. The Morgan fingerprint density at radius 2 is 1.83 bits per heavy atom. The molecule has 0 aliphatic carbocycles. The van der Waals surface area contributed by atoms with Crippen LogP contribution in [0.25, 0.3) is 5.76 Å². The number of likely N-dealkylation sites (tertiary alicyclic amines) is 1. The molecule has 0 spiro atoms. The first kappa shape index (κ1) is 20.4. The highest BCUT2D eigenvalue weighted by Gasteiger charge is 2.45. The van der Waals surface area contributed by atoms with Crippen molar-refractivity contribution in [2.75, 3.05) is 27.4 Å². The Labute approximate surface area is 168 Å². The van der Waals surface area contributed by atoms with E-state index in [1.165, 1.54) is 24.1 Å². The van der Waals surface area contributed by atoms with Crippen LogP contribution >= 0.6 is 0 Å². The van der Waals surface area contributed by atoms with E-state index in [4.69, 9.17) is 9.47 Å². The van der Waals surface area contributed by atoms with Gasteiger partial charge in [0.1, 0.15) is 17.3 Å². The van der Waals surface area contributed by atoms with Crippen molar-refractivity contribution in [3.8, 4) is 11.5 Å². The highest BCUT2D eigenvalue weighted by Crippen LogP contribution is 2.40. The van der Waals surface area contributed by atoms with Crippen LogP contribution in [0.1, 0.15) is 23.6 Å². The van der Waals surface area contributed by atoms with Crippen molar-refractivity contribution in [3.05, 3.63) is 65.2 Å². The number of aliphatic hydroxyl groups excluding tert-OH is 1. The number of hydrogen-bond acceptors (Lipinski definition) is 6. The number of benzene rings is 2. The van der Waals surface area contributed by atoms with Crippen LogP contribution < -0.4 is 4.74 Å². The molecule has 1 saturated heterocycles. The van der Waals surface area contributed by atoms with Crippen LogP contribution in [-0.4, -0.2) is 54.2 Å². The second kappa shape index (κ2) is 8.79.